The van der Waals surface area contributed by atoms with Gasteiger partial charge in [-0.25, -0.2) is 4.39 Å². The van der Waals surface area contributed by atoms with E-state index < -0.39 is 5.82 Å². The molecule has 0 heterocycles. The Morgan fingerprint density at radius 1 is 1.06 bits per heavy atom. The number of phenolic OH excluding ortho intramolecular Hbond substituents is 1. The van der Waals surface area contributed by atoms with Crippen LogP contribution in [0.4, 0.5) is 4.39 Å². The fraction of sp³-hybridized carbons (Fsp3) is 0.0769. The van der Waals surface area contributed by atoms with Gasteiger partial charge in [0, 0.05) is 11.6 Å². The maximum Gasteiger partial charge on any atom is 0.134 e. The van der Waals surface area contributed by atoms with Crippen molar-refractivity contribution in [1.82, 2.24) is 0 Å². The molecule has 3 heteroatoms. The molecule has 0 saturated carbocycles. The van der Waals surface area contributed by atoms with Gasteiger partial charge in [-0.3, -0.25) is 0 Å². The van der Waals surface area contributed by atoms with Crippen LogP contribution in [-0.4, -0.2) is 12.2 Å². The molecule has 0 radical (unpaired) electrons. The summed E-state index contributed by atoms with van der Waals surface area (Å²) in [5.41, 5.74) is 1.21. The summed E-state index contributed by atoms with van der Waals surface area (Å²) in [6.07, 6.45) is 0. The Hall–Kier alpha value is -2.03. The lowest BCUT2D eigenvalue weighted by atomic mass is 10.0. The second-order valence-corrected chi connectivity index (χ2v) is 3.39. The zero-order chi connectivity index (χ0) is 11.5. The van der Waals surface area contributed by atoms with E-state index in [1.54, 1.807) is 37.4 Å². The van der Waals surface area contributed by atoms with E-state index in [2.05, 4.69) is 0 Å². The predicted molar refractivity (Wildman–Crippen MR) is 60.1 cm³/mol. The SMILES string of the molecule is COc1ccc(-c2ccc(O)cc2F)cc1. The van der Waals surface area contributed by atoms with E-state index in [4.69, 9.17) is 9.84 Å². The van der Waals surface area contributed by atoms with Crippen molar-refractivity contribution in [2.75, 3.05) is 7.11 Å². The average Bonchev–Trinajstić information content (AvgIpc) is 2.29. The molecule has 16 heavy (non-hydrogen) atoms. The zero-order valence-electron chi connectivity index (χ0n) is 8.77. The third-order valence-electron chi connectivity index (χ3n) is 2.35. The average molecular weight is 218 g/mol. The van der Waals surface area contributed by atoms with E-state index in [9.17, 15) is 4.39 Å². The fourth-order valence-electron chi connectivity index (χ4n) is 1.51. The Kier molecular flexibility index (Phi) is 2.77. The molecule has 0 aliphatic heterocycles. The van der Waals surface area contributed by atoms with E-state index in [0.29, 0.717) is 5.56 Å². The number of hydrogen-bond donors (Lipinski definition) is 1. The number of methoxy groups -OCH3 is 1. The van der Waals surface area contributed by atoms with Gasteiger partial charge in [0.1, 0.15) is 17.3 Å². The van der Waals surface area contributed by atoms with Crippen LogP contribution in [-0.2, 0) is 0 Å². The van der Waals surface area contributed by atoms with E-state index >= 15 is 0 Å². The van der Waals surface area contributed by atoms with E-state index in [1.807, 2.05) is 0 Å². The fourth-order valence-corrected chi connectivity index (χ4v) is 1.51. The molecule has 0 saturated heterocycles. The largest absolute Gasteiger partial charge is 0.508 e. The van der Waals surface area contributed by atoms with Crippen molar-refractivity contribution in [2.24, 2.45) is 0 Å². The van der Waals surface area contributed by atoms with Crippen LogP contribution in [0.1, 0.15) is 0 Å². The summed E-state index contributed by atoms with van der Waals surface area (Å²) >= 11 is 0. The van der Waals surface area contributed by atoms with Gasteiger partial charge in [-0.15, -0.1) is 0 Å². The van der Waals surface area contributed by atoms with Crippen LogP contribution in [0, 0.1) is 5.82 Å². The van der Waals surface area contributed by atoms with Crippen LogP contribution in [0.15, 0.2) is 42.5 Å². The molecule has 2 rings (SSSR count). The molecule has 2 aromatic carbocycles. The lowest BCUT2D eigenvalue weighted by Gasteiger charge is -2.05. The smallest absolute Gasteiger partial charge is 0.134 e. The van der Waals surface area contributed by atoms with E-state index in [1.165, 1.54) is 6.07 Å². The molecular weight excluding hydrogens is 207 g/mol. The summed E-state index contributed by atoms with van der Waals surface area (Å²) < 4.78 is 18.5. The maximum absolute atomic E-state index is 13.5. The molecule has 0 amide bonds. The lowest BCUT2D eigenvalue weighted by molar-refractivity contribution is 0.415. The number of aromatic hydroxyl groups is 1. The van der Waals surface area contributed by atoms with Gasteiger partial charge >= 0.3 is 0 Å². The van der Waals surface area contributed by atoms with Gasteiger partial charge in [-0.1, -0.05) is 12.1 Å². The first-order valence-electron chi connectivity index (χ1n) is 4.83. The summed E-state index contributed by atoms with van der Waals surface area (Å²) in [7, 11) is 1.58. The number of hydrogen-bond acceptors (Lipinski definition) is 2. The number of rotatable bonds is 2. The standard InChI is InChI=1S/C13H11FO2/c1-16-11-5-2-9(3-6-11)12-7-4-10(15)8-13(12)14/h2-8,15H,1H3. The summed E-state index contributed by atoms with van der Waals surface area (Å²) in [6, 6.07) is 11.2. The predicted octanol–water partition coefficient (Wildman–Crippen LogP) is 3.21. The van der Waals surface area contributed by atoms with Crippen LogP contribution >= 0.6 is 0 Å². The highest BCUT2D eigenvalue weighted by molar-refractivity contribution is 5.65. The Labute approximate surface area is 92.9 Å². The first-order valence-corrected chi connectivity index (χ1v) is 4.83. The second kappa shape index (κ2) is 4.23. The molecule has 0 aromatic heterocycles. The van der Waals surface area contributed by atoms with Gasteiger partial charge in [0.2, 0.25) is 0 Å². The maximum atomic E-state index is 13.5. The Morgan fingerprint density at radius 2 is 1.75 bits per heavy atom. The number of phenols is 1. The number of ether oxygens (including phenoxy) is 1. The van der Waals surface area contributed by atoms with Gasteiger partial charge in [0.25, 0.3) is 0 Å². The summed E-state index contributed by atoms with van der Waals surface area (Å²) in [4.78, 5) is 0. The van der Waals surface area contributed by atoms with Crippen LogP contribution < -0.4 is 4.74 Å². The monoisotopic (exact) mass is 218 g/mol. The molecule has 2 aromatic rings. The van der Waals surface area contributed by atoms with Crippen molar-refractivity contribution in [2.45, 2.75) is 0 Å². The minimum Gasteiger partial charge on any atom is -0.508 e. The van der Waals surface area contributed by atoms with Gasteiger partial charge in [-0.2, -0.15) is 0 Å². The van der Waals surface area contributed by atoms with Crippen molar-refractivity contribution < 1.29 is 14.2 Å². The van der Waals surface area contributed by atoms with Crippen molar-refractivity contribution in [3.63, 3.8) is 0 Å². The molecule has 0 atom stereocenters. The summed E-state index contributed by atoms with van der Waals surface area (Å²) in [5.74, 6) is 0.211. The minimum absolute atomic E-state index is 0.0743. The van der Waals surface area contributed by atoms with Crippen LogP contribution in [0.5, 0.6) is 11.5 Å². The van der Waals surface area contributed by atoms with Gasteiger partial charge in [0.15, 0.2) is 0 Å². The normalized spacial score (nSPS) is 10.1. The highest BCUT2D eigenvalue weighted by Gasteiger charge is 2.05. The van der Waals surface area contributed by atoms with Crippen molar-refractivity contribution in [3.05, 3.63) is 48.3 Å². The molecule has 0 unspecified atom stereocenters. The van der Waals surface area contributed by atoms with Crippen LogP contribution in [0.25, 0.3) is 11.1 Å². The molecule has 0 aliphatic carbocycles. The first kappa shape index (κ1) is 10.5. The number of benzene rings is 2. The van der Waals surface area contributed by atoms with Crippen molar-refractivity contribution in [1.29, 1.82) is 0 Å². The molecule has 0 bridgehead atoms. The van der Waals surface area contributed by atoms with E-state index in [0.717, 1.165) is 17.4 Å². The van der Waals surface area contributed by atoms with Crippen molar-refractivity contribution in [3.8, 4) is 22.6 Å². The van der Waals surface area contributed by atoms with Crippen LogP contribution in [0.2, 0.25) is 0 Å². The molecule has 2 nitrogen and oxygen atoms in total. The third kappa shape index (κ3) is 1.98. The van der Waals surface area contributed by atoms with Gasteiger partial charge in [-0.05, 0) is 29.8 Å². The van der Waals surface area contributed by atoms with Crippen molar-refractivity contribution >= 4 is 0 Å². The highest BCUT2D eigenvalue weighted by Crippen LogP contribution is 2.27. The van der Waals surface area contributed by atoms with Gasteiger partial charge in [0.05, 0.1) is 7.11 Å². The lowest BCUT2D eigenvalue weighted by Crippen LogP contribution is -1.85. The van der Waals surface area contributed by atoms with Crippen LogP contribution in [0.3, 0.4) is 0 Å². The first-order chi connectivity index (χ1) is 7.70. The Balaban J connectivity index is 2.42. The Bertz CT molecular complexity index is 492. The summed E-state index contributed by atoms with van der Waals surface area (Å²) in [6.45, 7) is 0. The molecule has 0 aliphatic rings. The molecule has 82 valence electrons. The molecule has 0 spiro atoms. The number of halogens is 1. The third-order valence-corrected chi connectivity index (χ3v) is 2.35. The Morgan fingerprint density at radius 3 is 2.31 bits per heavy atom. The quantitative estimate of drug-likeness (QED) is 0.838. The second-order valence-electron chi connectivity index (χ2n) is 3.39. The molecular formula is C13H11FO2. The highest BCUT2D eigenvalue weighted by atomic mass is 19.1. The van der Waals surface area contributed by atoms with E-state index in [-0.39, 0.29) is 5.75 Å². The molecule has 0 fully saturated rings. The topological polar surface area (TPSA) is 29.5 Å². The summed E-state index contributed by atoms with van der Waals surface area (Å²) in [5, 5.41) is 9.11. The molecule has 1 N–H and O–H groups in total. The minimum atomic E-state index is -0.440. The zero-order valence-corrected chi connectivity index (χ0v) is 8.77. The van der Waals surface area contributed by atoms with Gasteiger partial charge < -0.3 is 9.84 Å².